The first-order valence-electron chi connectivity index (χ1n) is 6.95. The largest absolute Gasteiger partial charge is 0.325 e. The Kier molecular flexibility index (Phi) is 3.42. The van der Waals surface area contributed by atoms with Crippen LogP contribution in [-0.2, 0) is 4.79 Å². The first-order valence-corrected chi connectivity index (χ1v) is 6.95. The number of hydrogen-bond acceptors (Lipinski definition) is 5. The van der Waals surface area contributed by atoms with Crippen LogP contribution in [-0.4, -0.2) is 39.2 Å². The Morgan fingerprint density at radius 1 is 1.48 bits per heavy atom. The number of carbonyl (C=O) groups is 1. The van der Waals surface area contributed by atoms with E-state index in [0.717, 1.165) is 29.9 Å². The fourth-order valence-corrected chi connectivity index (χ4v) is 2.50. The summed E-state index contributed by atoms with van der Waals surface area (Å²) in [6.45, 7) is 5.56. The van der Waals surface area contributed by atoms with Gasteiger partial charge in [-0.15, -0.1) is 5.10 Å². The average molecular weight is 286 g/mol. The summed E-state index contributed by atoms with van der Waals surface area (Å²) in [6.07, 6.45) is 2.39. The molecule has 0 bridgehead atoms. The van der Waals surface area contributed by atoms with Crippen molar-refractivity contribution in [2.45, 2.75) is 20.3 Å². The second kappa shape index (κ2) is 5.25. The van der Waals surface area contributed by atoms with Gasteiger partial charge < -0.3 is 10.6 Å². The molecule has 2 N–H and O–H groups in total. The summed E-state index contributed by atoms with van der Waals surface area (Å²) in [4.78, 5) is 12.4. The highest BCUT2D eigenvalue weighted by Crippen LogP contribution is 2.27. The van der Waals surface area contributed by atoms with Gasteiger partial charge in [0.05, 0.1) is 11.1 Å². The molecule has 1 fully saturated rings. The van der Waals surface area contributed by atoms with Crippen LogP contribution in [0.1, 0.15) is 18.9 Å². The van der Waals surface area contributed by atoms with Gasteiger partial charge in [0, 0.05) is 12.2 Å². The number of tetrazole rings is 1. The van der Waals surface area contributed by atoms with Gasteiger partial charge in [-0.25, -0.2) is 4.68 Å². The van der Waals surface area contributed by atoms with E-state index in [1.165, 1.54) is 6.33 Å². The zero-order valence-corrected chi connectivity index (χ0v) is 12.1. The molecule has 110 valence electrons. The van der Waals surface area contributed by atoms with Crippen molar-refractivity contribution in [2.24, 2.45) is 5.41 Å². The Morgan fingerprint density at radius 2 is 2.33 bits per heavy atom. The molecule has 2 aromatic rings. The molecular formula is C14H18N6O. The van der Waals surface area contributed by atoms with Crippen LogP contribution in [0, 0.1) is 12.3 Å². The highest BCUT2D eigenvalue weighted by molar-refractivity contribution is 5.95. The number of carbonyl (C=O) groups excluding carboxylic acids is 1. The summed E-state index contributed by atoms with van der Waals surface area (Å²) in [6, 6.07) is 5.73. The summed E-state index contributed by atoms with van der Waals surface area (Å²) in [5.41, 5.74) is 2.30. The summed E-state index contributed by atoms with van der Waals surface area (Å²) in [5, 5.41) is 17.4. The van der Waals surface area contributed by atoms with E-state index in [2.05, 4.69) is 26.2 Å². The van der Waals surface area contributed by atoms with Crippen LogP contribution >= 0.6 is 0 Å². The number of aryl methyl sites for hydroxylation is 1. The van der Waals surface area contributed by atoms with E-state index in [-0.39, 0.29) is 11.3 Å². The maximum Gasteiger partial charge on any atom is 0.231 e. The number of aromatic nitrogens is 4. The van der Waals surface area contributed by atoms with Gasteiger partial charge in [0.1, 0.15) is 6.33 Å². The number of rotatable bonds is 3. The topological polar surface area (TPSA) is 84.7 Å². The summed E-state index contributed by atoms with van der Waals surface area (Å²) < 4.78 is 1.59. The van der Waals surface area contributed by atoms with Gasteiger partial charge in [-0.3, -0.25) is 4.79 Å². The second-order valence-corrected chi connectivity index (χ2v) is 5.70. The van der Waals surface area contributed by atoms with E-state index in [9.17, 15) is 4.79 Å². The number of nitrogens with zero attached hydrogens (tertiary/aromatic N) is 4. The molecule has 1 saturated heterocycles. The Morgan fingerprint density at radius 3 is 3.00 bits per heavy atom. The minimum absolute atomic E-state index is 0.0408. The Balaban J connectivity index is 1.83. The normalized spacial score (nSPS) is 21.4. The van der Waals surface area contributed by atoms with Gasteiger partial charge in [-0.2, -0.15) is 0 Å². The SMILES string of the molecule is Cc1ccc(NC(=O)C2(C)CCNC2)cc1-n1cnnn1. The van der Waals surface area contributed by atoms with Crippen molar-refractivity contribution < 1.29 is 4.79 Å². The monoisotopic (exact) mass is 286 g/mol. The number of hydrogen-bond donors (Lipinski definition) is 2. The number of anilines is 1. The number of amides is 1. The Hall–Kier alpha value is -2.28. The third-order valence-corrected chi connectivity index (χ3v) is 3.98. The maximum absolute atomic E-state index is 12.4. The van der Waals surface area contributed by atoms with Gasteiger partial charge in [0.25, 0.3) is 0 Å². The van der Waals surface area contributed by atoms with Crippen molar-refractivity contribution in [3.05, 3.63) is 30.1 Å². The van der Waals surface area contributed by atoms with Gasteiger partial charge >= 0.3 is 0 Å². The second-order valence-electron chi connectivity index (χ2n) is 5.70. The third kappa shape index (κ3) is 2.64. The molecule has 1 aromatic heterocycles. The predicted octanol–water partition coefficient (Wildman–Crippen LogP) is 0.909. The van der Waals surface area contributed by atoms with Crippen molar-refractivity contribution in [3.63, 3.8) is 0 Å². The van der Waals surface area contributed by atoms with E-state index in [1.807, 2.05) is 32.0 Å². The number of benzene rings is 1. The highest BCUT2D eigenvalue weighted by atomic mass is 16.2. The Labute approximate surface area is 122 Å². The van der Waals surface area contributed by atoms with Crippen molar-refractivity contribution in [1.29, 1.82) is 0 Å². The summed E-state index contributed by atoms with van der Waals surface area (Å²) in [5.74, 6) is 0.0408. The molecule has 7 heteroatoms. The molecule has 0 aliphatic carbocycles. The molecule has 3 rings (SSSR count). The molecule has 1 unspecified atom stereocenters. The Bertz CT molecular complexity index is 645. The van der Waals surface area contributed by atoms with Crippen LogP contribution in [0.25, 0.3) is 5.69 Å². The molecule has 0 radical (unpaired) electrons. The molecule has 0 saturated carbocycles. The van der Waals surface area contributed by atoms with E-state index in [4.69, 9.17) is 0 Å². The first kappa shape index (κ1) is 13.7. The standard InChI is InChI=1S/C14H18N6O/c1-10-3-4-11(7-12(10)20-9-16-18-19-20)17-13(21)14(2)5-6-15-8-14/h3-4,7,9,15H,5-6,8H2,1-2H3,(H,17,21). The van der Waals surface area contributed by atoms with Crippen LogP contribution in [0.15, 0.2) is 24.5 Å². The minimum atomic E-state index is -0.347. The molecule has 1 amide bonds. The molecule has 7 nitrogen and oxygen atoms in total. The summed E-state index contributed by atoms with van der Waals surface area (Å²) >= 11 is 0. The molecule has 0 spiro atoms. The lowest BCUT2D eigenvalue weighted by Crippen LogP contribution is -2.35. The van der Waals surface area contributed by atoms with Crippen molar-refractivity contribution in [3.8, 4) is 5.69 Å². The van der Waals surface area contributed by atoms with Crippen LogP contribution in [0.2, 0.25) is 0 Å². The van der Waals surface area contributed by atoms with Crippen molar-refractivity contribution in [2.75, 3.05) is 18.4 Å². The zero-order valence-electron chi connectivity index (χ0n) is 12.1. The molecule has 21 heavy (non-hydrogen) atoms. The van der Waals surface area contributed by atoms with Gasteiger partial charge in [-0.1, -0.05) is 6.07 Å². The molecular weight excluding hydrogens is 268 g/mol. The van der Waals surface area contributed by atoms with E-state index < -0.39 is 0 Å². The third-order valence-electron chi connectivity index (χ3n) is 3.98. The fourth-order valence-electron chi connectivity index (χ4n) is 2.50. The van der Waals surface area contributed by atoms with E-state index in [0.29, 0.717) is 6.54 Å². The average Bonchev–Trinajstić information content (AvgIpc) is 3.13. The predicted molar refractivity (Wildman–Crippen MR) is 78.1 cm³/mol. The molecule has 1 aliphatic rings. The lowest BCUT2D eigenvalue weighted by atomic mass is 9.88. The van der Waals surface area contributed by atoms with Gasteiger partial charge in [0.15, 0.2) is 0 Å². The summed E-state index contributed by atoms with van der Waals surface area (Å²) in [7, 11) is 0. The van der Waals surface area contributed by atoms with Crippen LogP contribution < -0.4 is 10.6 Å². The molecule has 1 atom stereocenters. The van der Waals surface area contributed by atoms with Crippen LogP contribution in [0.3, 0.4) is 0 Å². The van der Waals surface area contributed by atoms with Crippen LogP contribution in [0.5, 0.6) is 0 Å². The van der Waals surface area contributed by atoms with Crippen LogP contribution in [0.4, 0.5) is 5.69 Å². The molecule has 1 aromatic carbocycles. The quantitative estimate of drug-likeness (QED) is 0.876. The maximum atomic E-state index is 12.4. The smallest absolute Gasteiger partial charge is 0.231 e. The van der Waals surface area contributed by atoms with Crippen molar-refractivity contribution in [1.82, 2.24) is 25.5 Å². The van der Waals surface area contributed by atoms with E-state index in [1.54, 1.807) is 4.68 Å². The fraction of sp³-hybridized carbons (Fsp3) is 0.429. The minimum Gasteiger partial charge on any atom is -0.325 e. The highest BCUT2D eigenvalue weighted by Gasteiger charge is 2.36. The lowest BCUT2D eigenvalue weighted by Gasteiger charge is -2.21. The molecule has 1 aliphatic heterocycles. The van der Waals surface area contributed by atoms with E-state index >= 15 is 0 Å². The van der Waals surface area contributed by atoms with Gasteiger partial charge in [0.2, 0.25) is 5.91 Å². The van der Waals surface area contributed by atoms with Gasteiger partial charge in [-0.05, 0) is 54.9 Å². The number of nitrogens with one attached hydrogen (secondary N) is 2. The zero-order chi connectivity index (χ0) is 14.9. The van der Waals surface area contributed by atoms with Crippen molar-refractivity contribution >= 4 is 11.6 Å². The molecule has 2 heterocycles. The lowest BCUT2D eigenvalue weighted by molar-refractivity contribution is -0.123. The first-order chi connectivity index (χ1) is 10.1.